The third-order valence-electron chi connectivity index (χ3n) is 3.10. The maximum atomic E-state index is 11.9. The van der Waals surface area contributed by atoms with E-state index in [1.165, 1.54) is 5.69 Å². The fraction of sp³-hybridized carbons (Fsp3) is 0.250. The maximum Gasteiger partial charge on any atom is 0.269 e. The number of nitrogens with zero attached hydrogens (tertiary/aromatic N) is 2. The predicted molar refractivity (Wildman–Crippen MR) is 85.9 cm³/mol. The van der Waals surface area contributed by atoms with E-state index in [4.69, 9.17) is 11.6 Å². The van der Waals surface area contributed by atoms with Crippen LogP contribution >= 0.6 is 11.6 Å². The number of carbonyl (C=O) groups is 1. The summed E-state index contributed by atoms with van der Waals surface area (Å²) in [5.41, 5.74) is 1.51. The molecule has 0 fully saturated rings. The summed E-state index contributed by atoms with van der Waals surface area (Å²) in [7, 11) is 2.04. The van der Waals surface area contributed by atoms with Gasteiger partial charge in [-0.15, -0.1) is 0 Å². The molecule has 1 N–H and O–H groups in total. The number of rotatable bonds is 6. The highest BCUT2D eigenvalue weighted by Crippen LogP contribution is 2.10. The molecule has 2 rings (SSSR count). The SMILES string of the molecule is CN(CCCNC(=O)c1cccc(Cl)n1)c1ccccc1. The summed E-state index contributed by atoms with van der Waals surface area (Å²) in [5, 5.41) is 3.17. The number of para-hydroxylation sites is 1. The van der Waals surface area contributed by atoms with Gasteiger partial charge in [-0.2, -0.15) is 0 Å². The number of carbonyl (C=O) groups excluding carboxylic acids is 1. The highest BCUT2D eigenvalue weighted by molar-refractivity contribution is 6.29. The molecular formula is C16H18ClN3O. The van der Waals surface area contributed by atoms with Gasteiger partial charge in [0.15, 0.2) is 0 Å². The van der Waals surface area contributed by atoms with E-state index >= 15 is 0 Å². The van der Waals surface area contributed by atoms with Crippen LogP contribution < -0.4 is 10.2 Å². The zero-order valence-corrected chi connectivity index (χ0v) is 12.7. The molecule has 0 atom stereocenters. The van der Waals surface area contributed by atoms with Gasteiger partial charge in [-0.3, -0.25) is 4.79 Å². The number of nitrogens with one attached hydrogen (secondary N) is 1. The summed E-state index contributed by atoms with van der Waals surface area (Å²) >= 11 is 5.76. The van der Waals surface area contributed by atoms with E-state index in [0.29, 0.717) is 17.4 Å². The molecule has 4 nitrogen and oxygen atoms in total. The third-order valence-corrected chi connectivity index (χ3v) is 3.31. The summed E-state index contributed by atoms with van der Waals surface area (Å²) in [4.78, 5) is 18.0. The van der Waals surface area contributed by atoms with Crippen LogP contribution in [0.15, 0.2) is 48.5 Å². The number of benzene rings is 1. The minimum Gasteiger partial charge on any atom is -0.375 e. The summed E-state index contributed by atoms with van der Waals surface area (Å²) in [5.74, 6) is -0.195. The molecule has 110 valence electrons. The smallest absolute Gasteiger partial charge is 0.269 e. The number of aromatic nitrogens is 1. The van der Waals surface area contributed by atoms with Crippen LogP contribution in [0.5, 0.6) is 0 Å². The van der Waals surface area contributed by atoms with Crippen molar-refractivity contribution in [2.24, 2.45) is 0 Å². The van der Waals surface area contributed by atoms with Crippen molar-refractivity contribution in [2.75, 3.05) is 25.0 Å². The summed E-state index contributed by atoms with van der Waals surface area (Å²) < 4.78 is 0. The van der Waals surface area contributed by atoms with Gasteiger partial charge in [-0.25, -0.2) is 4.98 Å². The molecular weight excluding hydrogens is 286 g/mol. The number of hydrogen-bond donors (Lipinski definition) is 1. The van der Waals surface area contributed by atoms with Crippen molar-refractivity contribution in [2.45, 2.75) is 6.42 Å². The molecule has 2 aromatic rings. The van der Waals surface area contributed by atoms with Crippen molar-refractivity contribution in [1.29, 1.82) is 0 Å². The Balaban J connectivity index is 1.74. The Morgan fingerprint density at radius 1 is 1.19 bits per heavy atom. The zero-order chi connectivity index (χ0) is 15.1. The van der Waals surface area contributed by atoms with E-state index in [1.54, 1.807) is 18.2 Å². The average molecular weight is 304 g/mol. The molecule has 0 spiro atoms. The van der Waals surface area contributed by atoms with Gasteiger partial charge in [0.2, 0.25) is 0 Å². The van der Waals surface area contributed by atoms with Gasteiger partial charge in [0.05, 0.1) is 0 Å². The highest BCUT2D eigenvalue weighted by Gasteiger charge is 2.07. The number of pyridine rings is 1. The largest absolute Gasteiger partial charge is 0.375 e. The minimum absolute atomic E-state index is 0.195. The van der Waals surface area contributed by atoms with Gasteiger partial charge < -0.3 is 10.2 Å². The molecule has 1 heterocycles. The number of amides is 1. The van der Waals surface area contributed by atoms with Crippen molar-refractivity contribution >= 4 is 23.2 Å². The molecule has 0 bridgehead atoms. The minimum atomic E-state index is -0.195. The quantitative estimate of drug-likeness (QED) is 0.659. The molecule has 1 amide bonds. The Morgan fingerprint density at radius 2 is 1.95 bits per heavy atom. The maximum absolute atomic E-state index is 11.9. The highest BCUT2D eigenvalue weighted by atomic mass is 35.5. The normalized spacial score (nSPS) is 10.2. The Morgan fingerprint density at radius 3 is 2.67 bits per heavy atom. The topological polar surface area (TPSA) is 45.2 Å². The van der Waals surface area contributed by atoms with Crippen LogP contribution in [-0.2, 0) is 0 Å². The van der Waals surface area contributed by atoms with Gasteiger partial charge in [-0.1, -0.05) is 35.9 Å². The van der Waals surface area contributed by atoms with Gasteiger partial charge in [0.1, 0.15) is 10.8 Å². The number of halogens is 1. The monoisotopic (exact) mass is 303 g/mol. The molecule has 0 radical (unpaired) electrons. The van der Waals surface area contributed by atoms with Crippen LogP contribution in [0.4, 0.5) is 5.69 Å². The standard InChI is InChI=1S/C16H18ClN3O/c1-20(13-7-3-2-4-8-13)12-6-11-18-16(21)14-9-5-10-15(17)19-14/h2-5,7-10H,6,11-12H2,1H3,(H,18,21). The van der Waals surface area contributed by atoms with Crippen molar-refractivity contribution < 1.29 is 4.79 Å². The van der Waals surface area contributed by atoms with Crippen molar-refractivity contribution in [1.82, 2.24) is 10.3 Å². The van der Waals surface area contributed by atoms with E-state index in [9.17, 15) is 4.79 Å². The molecule has 0 aliphatic heterocycles. The molecule has 5 heteroatoms. The van der Waals surface area contributed by atoms with Crippen LogP contribution in [0, 0.1) is 0 Å². The van der Waals surface area contributed by atoms with E-state index in [-0.39, 0.29) is 5.91 Å². The van der Waals surface area contributed by atoms with Crippen LogP contribution in [0.25, 0.3) is 0 Å². The van der Waals surface area contributed by atoms with E-state index in [1.807, 2.05) is 25.2 Å². The average Bonchev–Trinajstić information content (AvgIpc) is 2.52. The molecule has 0 saturated heterocycles. The molecule has 0 unspecified atom stereocenters. The molecule has 1 aromatic carbocycles. The van der Waals surface area contributed by atoms with Gasteiger partial charge in [0.25, 0.3) is 5.91 Å². The Kier molecular flexibility index (Phi) is 5.58. The first-order chi connectivity index (χ1) is 10.2. The van der Waals surface area contributed by atoms with Crippen LogP contribution in [0.1, 0.15) is 16.9 Å². The number of hydrogen-bond acceptors (Lipinski definition) is 3. The molecule has 0 saturated carbocycles. The molecule has 1 aromatic heterocycles. The summed E-state index contributed by atoms with van der Waals surface area (Å²) in [6.45, 7) is 1.47. The van der Waals surface area contributed by atoms with Crippen LogP contribution in [0.2, 0.25) is 5.15 Å². The Hall–Kier alpha value is -2.07. The second-order valence-corrected chi connectivity index (χ2v) is 5.10. The van der Waals surface area contributed by atoms with E-state index < -0.39 is 0 Å². The first-order valence-electron chi connectivity index (χ1n) is 6.84. The lowest BCUT2D eigenvalue weighted by Gasteiger charge is -2.19. The fourth-order valence-corrected chi connectivity index (χ4v) is 2.12. The lowest BCUT2D eigenvalue weighted by molar-refractivity contribution is 0.0948. The predicted octanol–water partition coefficient (Wildman–Crippen LogP) is 2.99. The summed E-state index contributed by atoms with van der Waals surface area (Å²) in [6.07, 6.45) is 0.859. The zero-order valence-electron chi connectivity index (χ0n) is 11.9. The Labute approximate surface area is 129 Å². The van der Waals surface area contributed by atoms with Gasteiger partial charge in [0, 0.05) is 25.8 Å². The van der Waals surface area contributed by atoms with Gasteiger partial charge in [-0.05, 0) is 30.7 Å². The number of anilines is 1. The van der Waals surface area contributed by atoms with Gasteiger partial charge >= 0.3 is 0 Å². The third kappa shape index (κ3) is 4.76. The second-order valence-electron chi connectivity index (χ2n) is 4.71. The first kappa shape index (κ1) is 15.3. The second kappa shape index (κ2) is 7.64. The van der Waals surface area contributed by atoms with Crippen molar-refractivity contribution in [3.05, 3.63) is 59.4 Å². The van der Waals surface area contributed by atoms with E-state index in [0.717, 1.165) is 13.0 Å². The summed E-state index contributed by atoms with van der Waals surface area (Å²) in [6, 6.07) is 15.2. The van der Waals surface area contributed by atoms with Crippen LogP contribution in [0.3, 0.4) is 0 Å². The Bertz CT molecular complexity index is 589. The lowest BCUT2D eigenvalue weighted by atomic mass is 10.3. The molecule has 21 heavy (non-hydrogen) atoms. The molecule has 0 aliphatic rings. The molecule has 0 aliphatic carbocycles. The van der Waals surface area contributed by atoms with Crippen molar-refractivity contribution in [3.8, 4) is 0 Å². The first-order valence-corrected chi connectivity index (χ1v) is 7.21. The fourth-order valence-electron chi connectivity index (χ4n) is 1.96. The van der Waals surface area contributed by atoms with E-state index in [2.05, 4.69) is 27.3 Å². The van der Waals surface area contributed by atoms with Crippen molar-refractivity contribution in [3.63, 3.8) is 0 Å². The lowest BCUT2D eigenvalue weighted by Crippen LogP contribution is -2.28. The van der Waals surface area contributed by atoms with Crippen LogP contribution in [-0.4, -0.2) is 31.0 Å².